The van der Waals surface area contributed by atoms with E-state index in [2.05, 4.69) is 31.2 Å². The second kappa shape index (κ2) is 9.45. The predicted molar refractivity (Wildman–Crippen MR) is 123 cm³/mol. The monoisotopic (exact) mass is 481 g/mol. The number of piperazine rings is 1. The lowest BCUT2D eigenvalue weighted by Gasteiger charge is -2.34. The average molecular weight is 482 g/mol. The number of nitrogens with zero attached hydrogens (tertiary/aromatic N) is 4. The van der Waals surface area contributed by atoms with E-state index in [1.165, 1.54) is 0 Å². The topological polar surface area (TPSA) is 70.5 Å². The Labute approximate surface area is 189 Å². The number of carbonyl (C=O) groups is 2. The SMILES string of the molecule is Cc1c(C(=O)N2CCN(CC(=O)Nc3ccccc3)CC2)cnn1-c1ccc(Br)cc1. The summed E-state index contributed by atoms with van der Waals surface area (Å²) < 4.78 is 2.77. The van der Waals surface area contributed by atoms with Crippen molar-refractivity contribution < 1.29 is 9.59 Å². The number of carbonyl (C=O) groups excluding carboxylic acids is 2. The van der Waals surface area contributed by atoms with Gasteiger partial charge in [-0.15, -0.1) is 0 Å². The highest BCUT2D eigenvalue weighted by molar-refractivity contribution is 9.10. The van der Waals surface area contributed by atoms with Crippen LogP contribution in [0, 0.1) is 6.92 Å². The molecule has 2 amide bonds. The van der Waals surface area contributed by atoms with Crippen molar-refractivity contribution in [2.75, 3.05) is 38.0 Å². The number of nitrogens with one attached hydrogen (secondary N) is 1. The molecule has 4 rings (SSSR count). The van der Waals surface area contributed by atoms with Crippen LogP contribution in [0.1, 0.15) is 16.1 Å². The van der Waals surface area contributed by atoms with Crippen molar-refractivity contribution in [3.63, 3.8) is 0 Å². The molecule has 0 radical (unpaired) electrons. The highest BCUT2D eigenvalue weighted by Crippen LogP contribution is 2.19. The number of hydrogen-bond acceptors (Lipinski definition) is 4. The molecule has 1 N–H and O–H groups in total. The van der Waals surface area contributed by atoms with E-state index >= 15 is 0 Å². The van der Waals surface area contributed by atoms with Crippen LogP contribution in [0.5, 0.6) is 0 Å². The molecular weight excluding hydrogens is 458 g/mol. The quantitative estimate of drug-likeness (QED) is 0.606. The highest BCUT2D eigenvalue weighted by atomic mass is 79.9. The van der Waals surface area contributed by atoms with Crippen LogP contribution in [0.2, 0.25) is 0 Å². The Morgan fingerprint density at radius 2 is 1.68 bits per heavy atom. The Hall–Kier alpha value is -2.97. The van der Waals surface area contributed by atoms with Gasteiger partial charge in [-0.25, -0.2) is 4.68 Å². The summed E-state index contributed by atoms with van der Waals surface area (Å²) in [6.07, 6.45) is 1.64. The van der Waals surface area contributed by atoms with Crippen molar-refractivity contribution >= 4 is 33.4 Å². The third-order valence-corrected chi connectivity index (χ3v) is 5.92. The molecule has 1 aliphatic heterocycles. The summed E-state index contributed by atoms with van der Waals surface area (Å²) in [5.74, 6) is -0.0631. The minimum Gasteiger partial charge on any atom is -0.336 e. The highest BCUT2D eigenvalue weighted by Gasteiger charge is 2.26. The largest absolute Gasteiger partial charge is 0.336 e. The molecule has 0 unspecified atom stereocenters. The van der Waals surface area contributed by atoms with Gasteiger partial charge >= 0.3 is 0 Å². The number of benzene rings is 2. The second-order valence-electron chi connectivity index (χ2n) is 7.51. The fourth-order valence-corrected chi connectivity index (χ4v) is 3.93. The molecule has 3 aromatic rings. The fraction of sp³-hybridized carbons (Fsp3) is 0.261. The standard InChI is InChI=1S/C23H24BrN5O2/c1-17-21(15-25-29(17)20-9-7-18(24)8-10-20)23(31)28-13-11-27(12-14-28)16-22(30)26-19-5-3-2-4-6-19/h2-10,15H,11-14,16H2,1H3,(H,26,30). The first-order valence-electron chi connectivity index (χ1n) is 10.2. The van der Waals surface area contributed by atoms with Crippen LogP contribution in [0.15, 0.2) is 65.3 Å². The van der Waals surface area contributed by atoms with Crippen LogP contribution >= 0.6 is 15.9 Å². The van der Waals surface area contributed by atoms with Crippen LogP contribution < -0.4 is 5.32 Å². The molecule has 1 aliphatic rings. The van der Waals surface area contributed by atoms with Crippen molar-refractivity contribution in [2.24, 2.45) is 0 Å². The maximum atomic E-state index is 13.1. The Bertz CT molecular complexity index is 1060. The van der Waals surface area contributed by atoms with Crippen LogP contribution in [0.4, 0.5) is 5.69 Å². The molecule has 1 saturated heterocycles. The molecule has 0 spiro atoms. The Balaban J connectivity index is 1.33. The third-order valence-electron chi connectivity index (χ3n) is 5.40. The first-order valence-corrected chi connectivity index (χ1v) is 11.0. The summed E-state index contributed by atoms with van der Waals surface area (Å²) in [6.45, 7) is 4.71. The van der Waals surface area contributed by atoms with Gasteiger partial charge in [0.15, 0.2) is 0 Å². The molecule has 7 nitrogen and oxygen atoms in total. The lowest BCUT2D eigenvalue weighted by molar-refractivity contribution is -0.117. The zero-order valence-electron chi connectivity index (χ0n) is 17.3. The summed E-state index contributed by atoms with van der Waals surface area (Å²) in [6, 6.07) is 17.2. The van der Waals surface area contributed by atoms with Crippen molar-refractivity contribution in [1.82, 2.24) is 19.6 Å². The molecule has 160 valence electrons. The van der Waals surface area contributed by atoms with Crippen LogP contribution in [-0.4, -0.2) is 64.1 Å². The summed E-state index contributed by atoms with van der Waals surface area (Å²) in [7, 11) is 0. The first kappa shape index (κ1) is 21.3. The van der Waals surface area contributed by atoms with E-state index in [1.54, 1.807) is 10.9 Å². The van der Waals surface area contributed by atoms with E-state index in [9.17, 15) is 9.59 Å². The van der Waals surface area contributed by atoms with Crippen molar-refractivity contribution in [3.8, 4) is 5.69 Å². The lowest BCUT2D eigenvalue weighted by atomic mass is 10.2. The zero-order chi connectivity index (χ0) is 21.8. The van der Waals surface area contributed by atoms with Gasteiger partial charge in [-0.1, -0.05) is 34.1 Å². The molecule has 2 heterocycles. The van der Waals surface area contributed by atoms with Gasteiger partial charge in [0.25, 0.3) is 5.91 Å². The van der Waals surface area contributed by atoms with Gasteiger partial charge in [-0.3, -0.25) is 14.5 Å². The molecule has 0 bridgehead atoms. The molecule has 1 fully saturated rings. The number of aromatic nitrogens is 2. The van der Waals surface area contributed by atoms with Crippen molar-refractivity contribution in [2.45, 2.75) is 6.92 Å². The summed E-state index contributed by atoms with van der Waals surface area (Å²) in [5, 5.41) is 7.32. The Kier molecular flexibility index (Phi) is 6.48. The molecule has 2 aromatic carbocycles. The maximum absolute atomic E-state index is 13.1. The van der Waals surface area contributed by atoms with E-state index in [0.29, 0.717) is 38.3 Å². The number of hydrogen-bond donors (Lipinski definition) is 1. The molecule has 8 heteroatoms. The molecule has 0 saturated carbocycles. The minimum absolute atomic E-state index is 0.0192. The fourth-order valence-electron chi connectivity index (χ4n) is 3.67. The van der Waals surface area contributed by atoms with Crippen molar-refractivity contribution in [1.29, 1.82) is 0 Å². The second-order valence-corrected chi connectivity index (χ2v) is 8.43. The first-order chi connectivity index (χ1) is 15.0. The molecule has 0 atom stereocenters. The Morgan fingerprint density at radius 1 is 1.00 bits per heavy atom. The number of anilines is 1. The number of amides is 2. The van der Waals surface area contributed by atoms with Gasteiger partial charge in [0.1, 0.15) is 0 Å². The van der Waals surface area contributed by atoms with Gasteiger partial charge in [0, 0.05) is 36.3 Å². The normalized spacial score (nSPS) is 14.5. The van der Waals surface area contributed by atoms with Gasteiger partial charge in [-0.2, -0.15) is 5.10 Å². The molecule has 0 aliphatic carbocycles. The van der Waals surface area contributed by atoms with E-state index in [-0.39, 0.29) is 11.8 Å². The van der Waals surface area contributed by atoms with E-state index in [1.807, 2.05) is 66.4 Å². The van der Waals surface area contributed by atoms with Crippen LogP contribution in [-0.2, 0) is 4.79 Å². The predicted octanol–water partition coefficient (Wildman–Crippen LogP) is 3.34. The van der Waals surface area contributed by atoms with Gasteiger partial charge < -0.3 is 10.2 Å². The summed E-state index contributed by atoms with van der Waals surface area (Å²) in [5.41, 5.74) is 3.13. The van der Waals surface area contributed by atoms with Crippen LogP contribution in [0.3, 0.4) is 0 Å². The van der Waals surface area contributed by atoms with Gasteiger partial charge in [-0.05, 0) is 43.3 Å². The minimum atomic E-state index is -0.0439. The molecule has 1 aromatic heterocycles. The number of rotatable bonds is 5. The third kappa shape index (κ3) is 5.03. The lowest BCUT2D eigenvalue weighted by Crippen LogP contribution is -2.50. The van der Waals surface area contributed by atoms with E-state index in [4.69, 9.17) is 0 Å². The molecule has 31 heavy (non-hydrogen) atoms. The van der Waals surface area contributed by atoms with Gasteiger partial charge in [0.2, 0.25) is 5.91 Å². The summed E-state index contributed by atoms with van der Waals surface area (Å²) in [4.78, 5) is 29.2. The van der Waals surface area contributed by atoms with E-state index < -0.39 is 0 Å². The maximum Gasteiger partial charge on any atom is 0.257 e. The number of para-hydroxylation sites is 1. The smallest absolute Gasteiger partial charge is 0.257 e. The molecular formula is C23H24BrN5O2. The summed E-state index contributed by atoms with van der Waals surface area (Å²) >= 11 is 3.43. The number of halogens is 1. The van der Waals surface area contributed by atoms with Crippen LogP contribution in [0.25, 0.3) is 5.69 Å². The van der Waals surface area contributed by atoms with Crippen molar-refractivity contribution in [3.05, 3.63) is 76.5 Å². The Morgan fingerprint density at radius 3 is 2.35 bits per heavy atom. The van der Waals surface area contributed by atoms with Gasteiger partial charge in [0.05, 0.1) is 29.7 Å². The van der Waals surface area contributed by atoms with E-state index in [0.717, 1.165) is 21.5 Å². The zero-order valence-corrected chi connectivity index (χ0v) is 18.9. The average Bonchev–Trinajstić information content (AvgIpc) is 3.16.